The summed E-state index contributed by atoms with van der Waals surface area (Å²) in [5, 5.41) is 9.37. The molecule has 1 heterocycles. The quantitative estimate of drug-likeness (QED) is 0.152. The number of rotatable bonds is 10. The smallest absolute Gasteiger partial charge is 0.263 e. The zero-order valence-corrected chi connectivity index (χ0v) is 23.5. The summed E-state index contributed by atoms with van der Waals surface area (Å²) in [4.78, 5) is 8.04. The van der Waals surface area contributed by atoms with Crippen LogP contribution >= 0.6 is 11.3 Å². The van der Waals surface area contributed by atoms with E-state index >= 15 is 0 Å². The fourth-order valence-corrected chi connectivity index (χ4v) is 7.13. The summed E-state index contributed by atoms with van der Waals surface area (Å²) in [7, 11) is 0. The van der Waals surface area contributed by atoms with Crippen molar-refractivity contribution >= 4 is 34.5 Å². The number of nitriles is 1. The van der Waals surface area contributed by atoms with Crippen molar-refractivity contribution in [1.82, 2.24) is 0 Å². The fourth-order valence-electron chi connectivity index (χ4n) is 5.89. The molecule has 0 aliphatic heterocycles. The molecule has 0 amide bonds. The van der Waals surface area contributed by atoms with Crippen LogP contribution in [0.1, 0.15) is 68.4 Å². The summed E-state index contributed by atoms with van der Waals surface area (Å²) >= 11 is 1.72. The molecular weight excluding hydrogens is 494 g/mol. The number of thiophene rings is 1. The molecule has 0 saturated carbocycles. The Bertz CT molecular complexity index is 1490. The summed E-state index contributed by atoms with van der Waals surface area (Å²) in [6.45, 7) is 11.9. The molecule has 3 aromatic carbocycles. The van der Waals surface area contributed by atoms with Gasteiger partial charge in [0.05, 0.1) is 12.6 Å². The lowest BCUT2D eigenvalue weighted by atomic mass is 9.71. The van der Waals surface area contributed by atoms with Gasteiger partial charge in [-0.2, -0.15) is 0 Å². The van der Waals surface area contributed by atoms with Gasteiger partial charge in [0, 0.05) is 32.2 Å². The van der Waals surface area contributed by atoms with Crippen LogP contribution in [0.4, 0.5) is 17.1 Å². The first-order valence-corrected chi connectivity index (χ1v) is 14.7. The molecule has 194 valence electrons. The first-order chi connectivity index (χ1) is 19.1. The van der Waals surface area contributed by atoms with Crippen molar-refractivity contribution in [2.75, 3.05) is 4.90 Å². The predicted octanol–water partition coefficient (Wildman–Crippen LogP) is 10.6. The highest BCUT2D eigenvalue weighted by Gasteiger charge is 2.44. The number of fused-ring (bicyclic) bond motifs is 3. The third kappa shape index (κ3) is 5.01. The van der Waals surface area contributed by atoms with Gasteiger partial charge in [0.25, 0.3) is 5.70 Å². The van der Waals surface area contributed by atoms with E-state index in [1.54, 1.807) is 17.4 Å². The number of allylic oxidation sites excluding steroid dienone is 1. The number of para-hydroxylation sites is 2. The SMILES string of the molecule is [C-]#[N+]/C(C#N)=C\c1cc2c(s1)-c1ccc(N(c3ccccc3)c3ccccc3)cc1C2(CCCC)CCCC. The van der Waals surface area contributed by atoms with Crippen LogP contribution in [0.3, 0.4) is 0 Å². The van der Waals surface area contributed by atoms with Gasteiger partial charge in [0.2, 0.25) is 0 Å². The van der Waals surface area contributed by atoms with Crippen molar-refractivity contribution in [2.24, 2.45) is 0 Å². The molecule has 3 nitrogen and oxygen atoms in total. The summed E-state index contributed by atoms with van der Waals surface area (Å²) in [5.74, 6) is 0. The first kappa shape index (κ1) is 26.5. The minimum Gasteiger partial charge on any atom is -0.310 e. The Hall–Kier alpha value is -4.12. The van der Waals surface area contributed by atoms with Gasteiger partial charge in [-0.05, 0) is 78.1 Å². The van der Waals surface area contributed by atoms with Crippen LogP contribution in [-0.2, 0) is 5.41 Å². The van der Waals surface area contributed by atoms with Gasteiger partial charge in [-0.25, -0.2) is 10.1 Å². The number of benzene rings is 3. The number of unbranched alkanes of at least 4 members (excludes halogenated alkanes) is 2. The van der Waals surface area contributed by atoms with Crippen LogP contribution in [0.2, 0.25) is 0 Å². The van der Waals surface area contributed by atoms with Crippen molar-refractivity contribution in [1.29, 1.82) is 5.26 Å². The highest BCUT2D eigenvalue weighted by Crippen LogP contribution is 2.58. The first-order valence-electron chi connectivity index (χ1n) is 13.8. The Balaban J connectivity index is 1.71. The molecule has 1 aromatic heterocycles. The molecule has 0 saturated heterocycles. The van der Waals surface area contributed by atoms with Gasteiger partial charge in [-0.3, -0.25) is 0 Å². The summed E-state index contributed by atoms with van der Waals surface area (Å²) in [5.41, 5.74) is 7.60. The minimum absolute atomic E-state index is 0.0702. The van der Waals surface area contributed by atoms with E-state index in [4.69, 9.17) is 6.57 Å². The number of hydrogen-bond acceptors (Lipinski definition) is 3. The third-order valence-electron chi connectivity index (χ3n) is 7.75. The molecule has 5 rings (SSSR count). The van der Waals surface area contributed by atoms with E-state index in [0.717, 1.165) is 54.8 Å². The molecule has 39 heavy (non-hydrogen) atoms. The molecule has 4 aromatic rings. The average Bonchev–Trinajstić information content (AvgIpc) is 3.51. The Morgan fingerprint density at radius 1 is 0.872 bits per heavy atom. The Morgan fingerprint density at radius 3 is 2.03 bits per heavy atom. The van der Waals surface area contributed by atoms with Gasteiger partial charge in [-0.1, -0.05) is 82.0 Å². The molecule has 0 bridgehead atoms. The van der Waals surface area contributed by atoms with Crippen LogP contribution in [-0.4, -0.2) is 0 Å². The molecule has 4 heteroatoms. The lowest BCUT2D eigenvalue weighted by Gasteiger charge is -2.33. The number of hydrogen-bond donors (Lipinski definition) is 0. The molecular formula is C35H33N3S. The van der Waals surface area contributed by atoms with Crippen molar-refractivity contribution in [3.63, 3.8) is 0 Å². The van der Waals surface area contributed by atoms with Gasteiger partial charge >= 0.3 is 0 Å². The largest absolute Gasteiger partial charge is 0.310 e. The van der Waals surface area contributed by atoms with Crippen LogP contribution in [0.5, 0.6) is 0 Å². The van der Waals surface area contributed by atoms with E-state index in [-0.39, 0.29) is 11.1 Å². The van der Waals surface area contributed by atoms with E-state index in [2.05, 4.69) is 109 Å². The molecule has 0 fully saturated rings. The molecule has 0 atom stereocenters. The summed E-state index contributed by atoms with van der Waals surface area (Å²) in [6.07, 6.45) is 8.54. The topological polar surface area (TPSA) is 31.4 Å². The second kappa shape index (κ2) is 11.7. The van der Waals surface area contributed by atoms with Crippen molar-refractivity contribution in [3.8, 4) is 16.5 Å². The lowest BCUT2D eigenvalue weighted by molar-refractivity contribution is 0.415. The van der Waals surface area contributed by atoms with E-state index < -0.39 is 0 Å². The predicted molar refractivity (Wildman–Crippen MR) is 164 cm³/mol. The molecule has 0 N–H and O–H groups in total. The van der Waals surface area contributed by atoms with Crippen molar-refractivity contribution in [2.45, 2.75) is 57.8 Å². The van der Waals surface area contributed by atoms with E-state index in [1.807, 2.05) is 6.07 Å². The number of anilines is 3. The Labute approximate surface area is 236 Å². The zero-order valence-electron chi connectivity index (χ0n) is 22.7. The zero-order chi connectivity index (χ0) is 27.2. The lowest BCUT2D eigenvalue weighted by Crippen LogP contribution is -2.25. The molecule has 1 aliphatic rings. The van der Waals surface area contributed by atoms with Crippen LogP contribution in [0.15, 0.2) is 90.6 Å². The fraction of sp³-hybridized carbons (Fsp3) is 0.257. The van der Waals surface area contributed by atoms with Gasteiger partial charge in [-0.15, -0.1) is 11.3 Å². The molecule has 0 radical (unpaired) electrons. The van der Waals surface area contributed by atoms with Crippen LogP contribution < -0.4 is 4.90 Å². The van der Waals surface area contributed by atoms with Crippen molar-refractivity contribution < 1.29 is 0 Å². The molecule has 0 unspecified atom stereocenters. The van der Waals surface area contributed by atoms with E-state index in [1.165, 1.54) is 27.3 Å². The maximum absolute atomic E-state index is 9.37. The monoisotopic (exact) mass is 527 g/mol. The summed E-state index contributed by atoms with van der Waals surface area (Å²) in [6, 6.07) is 32.4. The highest BCUT2D eigenvalue weighted by molar-refractivity contribution is 7.16. The highest BCUT2D eigenvalue weighted by atomic mass is 32.1. The van der Waals surface area contributed by atoms with Gasteiger partial charge < -0.3 is 4.90 Å². The Kier molecular flexibility index (Phi) is 7.97. The molecule has 1 aliphatic carbocycles. The van der Waals surface area contributed by atoms with Crippen LogP contribution in [0, 0.1) is 17.9 Å². The third-order valence-corrected chi connectivity index (χ3v) is 8.86. The van der Waals surface area contributed by atoms with Gasteiger partial charge in [0.1, 0.15) is 0 Å². The normalized spacial score (nSPS) is 13.3. The maximum atomic E-state index is 9.37. The van der Waals surface area contributed by atoms with Gasteiger partial charge in [0.15, 0.2) is 0 Å². The number of nitrogens with zero attached hydrogens (tertiary/aromatic N) is 3. The average molecular weight is 528 g/mol. The van der Waals surface area contributed by atoms with E-state index in [0.29, 0.717) is 0 Å². The summed E-state index contributed by atoms with van der Waals surface area (Å²) < 4.78 is 0. The van der Waals surface area contributed by atoms with Crippen molar-refractivity contribution in [3.05, 3.63) is 118 Å². The standard InChI is InChI=1S/C35H33N3S/c1-4-6-20-35(21-7-5-2)32-23-29(38(27-14-10-8-11-15-27)28-16-12-9-13-17-28)18-19-31(32)34-33(35)24-30(39-34)22-26(25-36)37-3/h8-19,22-24H,4-7,20-21H2,1-2H3/b26-22-. The second-order valence-electron chi connectivity index (χ2n) is 10.2. The molecule has 0 spiro atoms. The second-order valence-corrected chi connectivity index (χ2v) is 11.3. The van der Waals surface area contributed by atoms with Crippen LogP contribution in [0.25, 0.3) is 21.4 Å². The maximum Gasteiger partial charge on any atom is 0.263 e. The minimum atomic E-state index is -0.0702. The Morgan fingerprint density at radius 2 is 1.49 bits per heavy atom. The van der Waals surface area contributed by atoms with E-state index in [9.17, 15) is 5.26 Å².